The molecule has 10 heteroatoms. The number of carboxylic acids is 1. The summed E-state index contributed by atoms with van der Waals surface area (Å²) in [6, 6.07) is 14.1. The minimum absolute atomic E-state index is 0.172. The standard InChI is InChI=1S/C24H19ClN4O5/c25-18-13-27-20-11-14(4-9-17(18)20)23(33)29(24(34)19(26)12-22(31)32)16-7-5-15(6-8-16)28-10-2-1-3-21(28)30/h1-11,13,19,27H,12,26H2,(H,31,32)/t19-/m0/s1. The maximum Gasteiger partial charge on any atom is 0.305 e. The maximum atomic E-state index is 13.4. The molecule has 34 heavy (non-hydrogen) atoms. The number of aliphatic carboxylic acids is 1. The minimum Gasteiger partial charge on any atom is -0.481 e. The van der Waals surface area contributed by atoms with Crippen molar-refractivity contribution >= 4 is 46.0 Å². The van der Waals surface area contributed by atoms with Crippen LogP contribution in [0.3, 0.4) is 0 Å². The molecule has 4 rings (SSSR count). The van der Waals surface area contributed by atoms with Gasteiger partial charge in [0.05, 0.1) is 23.2 Å². The van der Waals surface area contributed by atoms with Crippen LogP contribution in [0.25, 0.3) is 16.6 Å². The van der Waals surface area contributed by atoms with Crippen LogP contribution < -0.4 is 16.2 Å². The zero-order chi connectivity index (χ0) is 24.4. The SMILES string of the molecule is N[C@@H](CC(=O)O)C(=O)N(C(=O)c1ccc2c(Cl)c[nH]c2c1)c1ccc(-n2ccccc2=O)cc1. The van der Waals surface area contributed by atoms with Crippen LogP contribution >= 0.6 is 11.6 Å². The first-order chi connectivity index (χ1) is 16.3. The highest BCUT2D eigenvalue weighted by Gasteiger charge is 2.30. The fraction of sp³-hybridized carbons (Fsp3) is 0.0833. The van der Waals surface area contributed by atoms with Gasteiger partial charge in [0.2, 0.25) is 0 Å². The number of hydrogen-bond acceptors (Lipinski definition) is 5. The van der Waals surface area contributed by atoms with Crippen LogP contribution in [0.1, 0.15) is 16.8 Å². The number of carbonyl (C=O) groups is 3. The number of benzene rings is 2. The van der Waals surface area contributed by atoms with Crippen molar-refractivity contribution in [3.63, 3.8) is 0 Å². The van der Waals surface area contributed by atoms with Crippen molar-refractivity contribution in [3.05, 3.63) is 94.0 Å². The fourth-order valence-corrected chi connectivity index (χ4v) is 3.76. The van der Waals surface area contributed by atoms with Crippen LogP contribution in [-0.2, 0) is 9.59 Å². The number of carbonyl (C=O) groups excluding carboxylic acids is 2. The Balaban J connectivity index is 1.75. The lowest BCUT2D eigenvalue weighted by atomic mass is 10.1. The van der Waals surface area contributed by atoms with Gasteiger partial charge in [-0.15, -0.1) is 0 Å². The van der Waals surface area contributed by atoms with Gasteiger partial charge in [-0.1, -0.05) is 23.7 Å². The quantitative estimate of drug-likeness (QED) is 0.389. The van der Waals surface area contributed by atoms with E-state index in [0.717, 1.165) is 4.90 Å². The van der Waals surface area contributed by atoms with Gasteiger partial charge in [-0.3, -0.25) is 23.7 Å². The molecule has 0 radical (unpaired) electrons. The van der Waals surface area contributed by atoms with Gasteiger partial charge in [-0.05, 0) is 42.5 Å². The average molecular weight is 479 g/mol. The van der Waals surface area contributed by atoms with Crippen LogP contribution in [0.2, 0.25) is 5.02 Å². The average Bonchev–Trinajstić information content (AvgIpc) is 3.19. The van der Waals surface area contributed by atoms with Crippen molar-refractivity contribution in [1.29, 1.82) is 0 Å². The summed E-state index contributed by atoms with van der Waals surface area (Å²) >= 11 is 6.10. The highest BCUT2D eigenvalue weighted by Crippen LogP contribution is 2.26. The van der Waals surface area contributed by atoms with Crippen molar-refractivity contribution in [2.75, 3.05) is 4.90 Å². The molecule has 0 bridgehead atoms. The van der Waals surface area contributed by atoms with Gasteiger partial charge >= 0.3 is 5.97 Å². The highest BCUT2D eigenvalue weighted by molar-refractivity contribution is 6.35. The van der Waals surface area contributed by atoms with Crippen LogP contribution in [0.5, 0.6) is 0 Å². The number of H-pyrrole nitrogens is 1. The molecule has 0 fully saturated rings. The summed E-state index contributed by atoms with van der Waals surface area (Å²) < 4.78 is 1.40. The number of hydrogen-bond donors (Lipinski definition) is 3. The number of aromatic amines is 1. The number of imide groups is 1. The zero-order valence-corrected chi connectivity index (χ0v) is 18.4. The molecule has 0 saturated heterocycles. The summed E-state index contributed by atoms with van der Waals surface area (Å²) in [4.78, 5) is 53.5. The Kier molecular flexibility index (Phi) is 6.31. The number of nitrogens with zero attached hydrogens (tertiary/aromatic N) is 2. The van der Waals surface area contributed by atoms with E-state index in [1.54, 1.807) is 48.8 Å². The molecule has 172 valence electrons. The molecular weight excluding hydrogens is 460 g/mol. The van der Waals surface area contributed by atoms with Crippen molar-refractivity contribution in [1.82, 2.24) is 9.55 Å². The number of carboxylic acid groups (broad SMARTS) is 1. The number of nitrogens with one attached hydrogen (secondary N) is 1. The number of aromatic nitrogens is 2. The van der Waals surface area contributed by atoms with Gasteiger partial charge < -0.3 is 15.8 Å². The predicted octanol–water partition coefficient (Wildman–Crippen LogP) is 2.95. The fourth-order valence-electron chi connectivity index (χ4n) is 3.54. The van der Waals surface area contributed by atoms with E-state index < -0.39 is 30.2 Å². The molecule has 4 N–H and O–H groups in total. The molecule has 0 aliphatic rings. The van der Waals surface area contributed by atoms with E-state index >= 15 is 0 Å². The van der Waals surface area contributed by atoms with Gasteiger partial charge in [0.15, 0.2) is 0 Å². The molecule has 4 aromatic rings. The van der Waals surface area contributed by atoms with E-state index in [-0.39, 0.29) is 16.8 Å². The van der Waals surface area contributed by atoms with Crippen LogP contribution in [0, 0.1) is 0 Å². The number of rotatable bonds is 6. The Hall–Kier alpha value is -4.21. The van der Waals surface area contributed by atoms with Gasteiger partial charge in [0, 0.05) is 40.6 Å². The number of nitrogens with two attached hydrogens (primary N) is 1. The highest BCUT2D eigenvalue weighted by atomic mass is 35.5. The lowest BCUT2D eigenvalue weighted by molar-refractivity contribution is -0.139. The second kappa shape index (κ2) is 9.34. The van der Waals surface area contributed by atoms with Crippen molar-refractivity contribution in [2.24, 2.45) is 5.73 Å². The van der Waals surface area contributed by atoms with Gasteiger partial charge in [-0.2, -0.15) is 0 Å². The Labute approximate surface area is 198 Å². The lowest BCUT2D eigenvalue weighted by Gasteiger charge is -2.24. The Morgan fingerprint density at radius 2 is 1.82 bits per heavy atom. The lowest BCUT2D eigenvalue weighted by Crippen LogP contribution is -2.48. The van der Waals surface area contributed by atoms with Gasteiger partial charge in [0.25, 0.3) is 17.4 Å². The summed E-state index contributed by atoms with van der Waals surface area (Å²) in [5, 5.41) is 10.3. The van der Waals surface area contributed by atoms with E-state index in [1.807, 2.05) is 0 Å². The molecule has 0 aliphatic heterocycles. The first-order valence-corrected chi connectivity index (χ1v) is 10.5. The second-order valence-corrected chi connectivity index (χ2v) is 7.91. The molecular formula is C24H19ClN4O5. The topological polar surface area (TPSA) is 138 Å². The molecule has 0 spiro atoms. The largest absolute Gasteiger partial charge is 0.481 e. The molecule has 9 nitrogen and oxygen atoms in total. The molecule has 2 amide bonds. The first kappa shape index (κ1) is 23.0. The molecule has 2 aromatic carbocycles. The van der Waals surface area contributed by atoms with E-state index in [4.69, 9.17) is 22.4 Å². The Morgan fingerprint density at radius 1 is 1.09 bits per heavy atom. The third kappa shape index (κ3) is 4.47. The van der Waals surface area contributed by atoms with Crippen molar-refractivity contribution in [3.8, 4) is 5.69 Å². The minimum atomic E-state index is -1.44. The van der Waals surface area contributed by atoms with Crippen LogP contribution in [0.4, 0.5) is 5.69 Å². The summed E-state index contributed by atoms with van der Waals surface area (Å²) in [5.41, 5.74) is 7.02. The van der Waals surface area contributed by atoms with E-state index in [0.29, 0.717) is 21.6 Å². The number of fused-ring (bicyclic) bond motifs is 1. The molecule has 2 heterocycles. The third-order valence-electron chi connectivity index (χ3n) is 5.22. The molecule has 1 atom stereocenters. The van der Waals surface area contributed by atoms with E-state index in [2.05, 4.69) is 4.98 Å². The Morgan fingerprint density at radius 3 is 2.50 bits per heavy atom. The number of pyridine rings is 1. The molecule has 0 aliphatic carbocycles. The summed E-state index contributed by atoms with van der Waals surface area (Å²) in [7, 11) is 0. The van der Waals surface area contributed by atoms with Crippen molar-refractivity contribution in [2.45, 2.75) is 12.5 Å². The summed E-state index contributed by atoms with van der Waals surface area (Å²) in [6.45, 7) is 0. The summed E-state index contributed by atoms with van der Waals surface area (Å²) in [6.07, 6.45) is 2.52. The van der Waals surface area contributed by atoms with Crippen LogP contribution in [-0.4, -0.2) is 38.5 Å². The second-order valence-electron chi connectivity index (χ2n) is 7.51. The summed E-state index contributed by atoms with van der Waals surface area (Å²) in [5.74, 6) is -2.83. The zero-order valence-electron chi connectivity index (χ0n) is 17.6. The first-order valence-electron chi connectivity index (χ1n) is 10.2. The third-order valence-corrected chi connectivity index (χ3v) is 5.53. The van der Waals surface area contributed by atoms with Gasteiger partial charge in [-0.25, -0.2) is 4.90 Å². The maximum absolute atomic E-state index is 13.4. The normalized spacial score (nSPS) is 11.8. The smallest absolute Gasteiger partial charge is 0.305 e. The van der Waals surface area contributed by atoms with E-state index in [1.165, 1.54) is 28.8 Å². The Bertz CT molecular complexity index is 1460. The van der Waals surface area contributed by atoms with Gasteiger partial charge in [0.1, 0.15) is 0 Å². The van der Waals surface area contributed by atoms with E-state index in [9.17, 15) is 19.2 Å². The van der Waals surface area contributed by atoms with Crippen molar-refractivity contribution < 1.29 is 19.5 Å². The molecule has 2 aromatic heterocycles. The monoisotopic (exact) mass is 478 g/mol. The molecule has 0 unspecified atom stereocenters. The van der Waals surface area contributed by atoms with Crippen LogP contribution in [0.15, 0.2) is 77.9 Å². The number of amides is 2. The number of anilines is 1. The predicted molar refractivity (Wildman–Crippen MR) is 127 cm³/mol. The number of halogens is 1. The molecule has 0 saturated carbocycles.